The molecule has 0 saturated carbocycles. The number of anilines is 1. The van der Waals surface area contributed by atoms with Gasteiger partial charge in [0.05, 0.1) is 5.56 Å². The Hall–Kier alpha value is -2.74. The molecule has 0 fully saturated rings. The van der Waals surface area contributed by atoms with Gasteiger partial charge in [0.1, 0.15) is 11.6 Å². The Morgan fingerprint density at radius 3 is 2.54 bits per heavy atom. The summed E-state index contributed by atoms with van der Waals surface area (Å²) in [5.41, 5.74) is 0.370. The molecule has 1 N–H and O–H groups in total. The van der Waals surface area contributed by atoms with Crippen molar-refractivity contribution in [1.82, 2.24) is 10.2 Å². The average Bonchev–Trinajstić information content (AvgIpc) is 3.03. The second-order valence-corrected chi connectivity index (χ2v) is 5.60. The van der Waals surface area contributed by atoms with Crippen LogP contribution in [-0.4, -0.2) is 22.4 Å². The number of carbonyl (C=O) groups is 1. The van der Waals surface area contributed by atoms with E-state index in [9.17, 15) is 13.6 Å². The van der Waals surface area contributed by atoms with Gasteiger partial charge in [-0.1, -0.05) is 5.10 Å². The van der Waals surface area contributed by atoms with Crippen molar-refractivity contribution in [3.8, 4) is 11.5 Å². The van der Waals surface area contributed by atoms with Crippen molar-refractivity contribution in [2.45, 2.75) is 4.90 Å². The molecule has 0 aliphatic heterocycles. The molecule has 1 amide bonds. The van der Waals surface area contributed by atoms with Gasteiger partial charge in [0, 0.05) is 16.5 Å². The summed E-state index contributed by atoms with van der Waals surface area (Å²) in [6.07, 6.45) is 1.96. The summed E-state index contributed by atoms with van der Waals surface area (Å²) >= 11 is 1.60. The quantitative estimate of drug-likeness (QED) is 0.723. The number of hydrogen-bond donors (Lipinski definition) is 1. The van der Waals surface area contributed by atoms with Gasteiger partial charge in [0.2, 0.25) is 5.89 Å². The first-order chi connectivity index (χ1) is 11.6. The predicted molar refractivity (Wildman–Crippen MR) is 85.8 cm³/mol. The van der Waals surface area contributed by atoms with Gasteiger partial charge in [-0.15, -0.1) is 16.9 Å². The maximum atomic E-state index is 13.6. The summed E-state index contributed by atoms with van der Waals surface area (Å²) in [7, 11) is 0. The Kier molecular flexibility index (Phi) is 4.57. The van der Waals surface area contributed by atoms with E-state index < -0.39 is 17.5 Å². The summed E-state index contributed by atoms with van der Waals surface area (Å²) in [6, 6.07) is 9.90. The van der Waals surface area contributed by atoms with Crippen molar-refractivity contribution >= 4 is 23.7 Å². The molecule has 0 radical (unpaired) electrons. The van der Waals surface area contributed by atoms with E-state index in [2.05, 4.69) is 15.5 Å². The molecule has 8 heteroatoms. The van der Waals surface area contributed by atoms with Crippen LogP contribution in [0.25, 0.3) is 11.5 Å². The van der Waals surface area contributed by atoms with E-state index >= 15 is 0 Å². The monoisotopic (exact) mass is 347 g/mol. The highest BCUT2D eigenvalue weighted by atomic mass is 32.2. The number of halogens is 2. The van der Waals surface area contributed by atoms with E-state index in [1.54, 1.807) is 11.8 Å². The van der Waals surface area contributed by atoms with Crippen LogP contribution < -0.4 is 5.32 Å². The first-order valence-electron chi connectivity index (χ1n) is 6.81. The lowest BCUT2D eigenvalue weighted by Gasteiger charge is -2.02. The highest BCUT2D eigenvalue weighted by Gasteiger charge is 2.16. The molecule has 0 aliphatic rings. The van der Waals surface area contributed by atoms with E-state index in [1.807, 2.05) is 30.5 Å². The van der Waals surface area contributed by atoms with Gasteiger partial charge in [-0.2, -0.15) is 0 Å². The standard InChI is InChI=1S/C16H11F2N3O2S/c1-24-11-5-2-9(3-6-11)15-20-21-16(23-15)19-14(22)12-7-4-10(17)8-13(12)18/h2-8H,1H3,(H,19,21,22). The van der Waals surface area contributed by atoms with Gasteiger partial charge in [-0.3, -0.25) is 10.1 Å². The minimum atomic E-state index is -0.972. The van der Waals surface area contributed by atoms with Gasteiger partial charge in [-0.25, -0.2) is 8.78 Å². The van der Waals surface area contributed by atoms with Gasteiger partial charge in [0.25, 0.3) is 5.91 Å². The number of nitrogens with zero attached hydrogens (tertiary/aromatic N) is 2. The second-order valence-electron chi connectivity index (χ2n) is 4.72. The third kappa shape index (κ3) is 3.43. The highest BCUT2D eigenvalue weighted by molar-refractivity contribution is 7.98. The molecule has 0 unspecified atom stereocenters. The smallest absolute Gasteiger partial charge is 0.322 e. The molecule has 3 rings (SSSR count). The van der Waals surface area contributed by atoms with Crippen molar-refractivity contribution in [3.63, 3.8) is 0 Å². The third-order valence-electron chi connectivity index (χ3n) is 3.16. The average molecular weight is 347 g/mol. The van der Waals surface area contributed by atoms with Crippen LogP contribution in [-0.2, 0) is 0 Å². The first kappa shape index (κ1) is 16.1. The molecule has 122 valence electrons. The zero-order chi connectivity index (χ0) is 17.1. The summed E-state index contributed by atoms with van der Waals surface area (Å²) < 4.78 is 31.8. The van der Waals surface area contributed by atoms with Crippen LogP contribution in [0.3, 0.4) is 0 Å². The Labute approximate surface area is 140 Å². The highest BCUT2D eigenvalue weighted by Crippen LogP contribution is 2.23. The molecule has 1 heterocycles. The number of carbonyl (C=O) groups excluding carboxylic acids is 1. The molecule has 0 bridgehead atoms. The van der Waals surface area contributed by atoms with E-state index in [-0.39, 0.29) is 17.5 Å². The lowest BCUT2D eigenvalue weighted by Crippen LogP contribution is -2.14. The van der Waals surface area contributed by atoms with Gasteiger partial charge < -0.3 is 4.42 Å². The molecule has 0 saturated heterocycles. The minimum Gasteiger partial charge on any atom is -0.403 e. The Morgan fingerprint density at radius 1 is 1.12 bits per heavy atom. The summed E-state index contributed by atoms with van der Waals surface area (Å²) in [4.78, 5) is 13.1. The fourth-order valence-corrected chi connectivity index (χ4v) is 2.37. The summed E-state index contributed by atoms with van der Waals surface area (Å²) in [5.74, 6) is -2.32. The second kappa shape index (κ2) is 6.79. The van der Waals surface area contributed by atoms with Crippen molar-refractivity contribution < 1.29 is 18.0 Å². The normalized spacial score (nSPS) is 10.6. The summed E-state index contributed by atoms with van der Waals surface area (Å²) in [5, 5.41) is 9.82. The lowest BCUT2D eigenvalue weighted by atomic mass is 10.2. The molecule has 2 aromatic carbocycles. The molecule has 0 aliphatic carbocycles. The summed E-state index contributed by atoms with van der Waals surface area (Å²) in [6.45, 7) is 0. The van der Waals surface area contributed by atoms with Crippen molar-refractivity contribution in [3.05, 3.63) is 59.7 Å². The number of benzene rings is 2. The number of nitrogens with one attached hydrogen (secondary N) is 1. The zero-order valence-electron chi connectivity index (χ0n) is 12.4. The van der Waals surface area contributed by atoms with Crippen molar-refractivity contribution in [1.29, 1.82) is 0 Å². The number of thioether (sulfide) groups is 1. The molecule has 1 aromatic heterocycles. The van der Waals surface area contributed by atoms with Crippen LogP contribution in [0.4, 0.5) is 14.8 Å². The van der Waals surface area contributed by atoms with Crippen LogP contribution >= 0.6 is 11.8 Å². The Bertz CT molecular complexity index is 881. The van der Waals surface area contributed by atoms with E-state index in [1.165, 1.54) is 0 Å². The molecule has 3 aromatic rings. The maximum absolute atomic E-state index is 13.6. The molecule has 0 atom stereocenters. The number of aromatic nitrogens is 2. The van der Waals surface area contributed by atoms with Crippen LogP contribution in [0, 0.1) is 11.6 Å². The molecular weight excluding hydrogens is 336 g/mol. The molecule has 24 heavy (non-hydrogen) atoms. The van der Waals surface area contributed by atoms with Crippen molar-refractivity contribution in [2.24, 2.45) is 0 Å². The number of hydrogen-bond acceptors (Lipinski definition) is 5. The SMILES string of the molecule is CSc1ccc(-c2nnc(NC(=O)c3ccc(F)cc3F)o2)cc1. The van der Waals surface area contributed by atoms with E-state index in [0.717, 1.165) is 17.0 Å². The fraction of sp³-hybridized carbons (Fsp3) is 0.0625. The lowest BCUT2D eigenvalue weighted by molar-refractivity contribution is 0.102. The van der Waals surface area contributed by atoms with Crippen LogP contribution in [0.2, 0.25) is 0 Å². The predicted octanol–water partition coefficient (Wildman–Crippen LogP) is 3.99. The van der Waals surface area contributed by atoms with E-state index in [0.29, 0.717) is 11.6 Å². The maximum Gasteiger partial charge on any atom is 0.322 e. The van der Waals surface area contributed by atoms with Gasteiger partial charge in [0.15, 0.2) is 0 Å². The third-order valence-corrected chi connectivity index (χ3v) is 3.90. The Balaban J connectivity index is 1.76. The van der Waals surface area contributed by atoms with Crippen molar-refractivity contribution in [2.75, 3.05) is 11.6 Å². The van der Waals surface area contributed by atoms with Crippen LogP contribution in [0.15, 0.2) is 51.8 Å². The number of rotatable bonds is 4. The minimum absolute atomic E-state index is 0.173. The molecular formula is C16H11F2N3O2S. The van der Waals surface area contributed by atoms with Gasteiger partial charge in [-0.05, 0) is 42.7 Å². The first-order valence-corrected chi connectivity index (χ1v) is 8.03. The fourth-order valence-electron chi connectivity index (χ4n) is 1.96. The Morgan fingerprint density at radius 2 is 1.88 bits per heavy atom. The number of amides is 1. The molecule has 0 spiro atoms. The van der Waals surface area contributed by atoms with Crippen LogP contribution in [0.5, 0.6) is 0 Å². The largest absolute Gasteiger partial charge is 0.403 e. The molecule has 5 nitrogen and oxygen atoms in total. The zero-order valence-corrected chi connectivity index (χ0v) is 13.2. The van der Waals surface area contributed by atoms with Crippen LogP contribution in [0.1, 0.15) is 10.4 Å². The van der Waals surface area contributed by atoms with Gasteiger partial charge >= 0.3 is 6.01 Å². The van der Waals surface area contributed by atoms with E-state index in [4.69, 9.17) is 4.42 Å². The topological polar surface area (TPSA) is 68.0 Å².